The third kappa shape index (κ3) is 10.8. The molecule has 5 unspecified atom stereocenters. The van der Waals surface area contributed by atoms with Gasteiger partial charge >= 0.3 is 11.9 Å². The standard InChI is InChI=1S/C20H36N4O7/c1-6-11(4)16(21)19(29)24-14(9-10(2)3)18(28)23-13(7-8-15(25)26)17(27)22-12(5)20(30)31/h10-14,16H,6-9,21H2,1-5H3,(H,22,27)(H,23,28)(H,24,29)(H,25,26)(H,30,31). The molecular formula is C20H36N4O7. The van der Waals surface area contributed by atoms with Crippen LogP contribution < -0.4 is 21.7 Å². The Hall–Kier alpha value is -2.69. The van der Waals surface area contributed by atoms with Crippen molar-refractivity contribution in [1.29, 1.82) is 0 Å². The number of carbonyl (C=O) groups excluding carboxylic acids is 3. The number of nitrogens with one attached hydrogen (secondary N) is 3. The van der Waals surface area contributed by atoms with Crippen molar-refractivity contribution < 1.29 is 34.2 Å². The Morgan fingerprint density at radius 1 is 0.839 bits per heavy atom. The SMILES string of the molecule is CCC(C)C(N)C(=O)NC(CC(C)C)C(=O)NC(CCC(=O)O)C(=O)NC(C)C(=O)O. The monoisotopic (exact) mass is 444 g/mol. The van der Waals surface area contributed by atoms with E-state index in [2.05, 4.69) is 16.0 Å². The fourth-order valence-electron chi connectivity index (χ4n) is 2.67. The number of nitrogens with two attached hydrogens (primary N) is 1. The lowest BCUT2D eigenvalue weighted by molar-refractivity contribution is -0.142. The van der Waals surface area contributed by atoms with E-state index >= 15 is 0 Å². The van der Waals surface area contributed by atoms with Crippen LogP contribution in [-0.2, 0) is 24.0 Å². The van der Waals surface area contributed by atoms with Crippen molar-refractivity contribution in [1.82, 2.24) is 16.0 Å². The van der Waals surface area contributed by atoms with E-state index < -0.39 is 60.2 Å². The van der Waals surface area contributed by atoms with Gasteiger partial charge in [0.2, 0.25) is 17.7 Å². The van der Waals surface area contributed by atoms with Crippen molar-refractivity contribution >= 4 is 29.7 Å². The molecule has 0 spiro atoms. The summed E-state index contributed by atoms with van der Waals surface area (Å²) in [4.78, 5) is 59.6. The van der Waals surface area contributed by atoms with Gasteiger partial charge in [-0.15, -0.1) is 0 Å². The third-order valence-corrected chi connectivity index (χ3v) is 4.91. The molecule has 0 bridgehead atoms. The summed E-state index contributed by atoms with van der Waals surface area (Å²) in [6.07, 6.45) is 0.284. The minimum Gasteiger partial charge on any atom is -0.481 e. The quantitative estimate of drug-likeness (QED) is 0.213. The largest absolute Gasteiger partial charge is 0.481 e. The van der Waals surface area contributed by atoms with Gasteiger partial charge in [-0.05, 0) is 31.6 Å². The molecule has 0 aliphatic rings. The lowest BCUT2D eigenvalue weighted by Crippen LogP contribution is -2.57. The molecule has 0 aliphatic carbocycles. The van der Waals surface area contributed by atoms with Gasteiger partial charge in [-0.3, -0.25) is 24.0 Å². The molecule has 178 valence electrons. The highest BCUT2D eigenvalue weighted by molar-refractivity contribution is 5.94. The molecule has 0 aliphatic heterocycles. The van der Waals surface area contributed by atoms with Crippen molar-refractivity contribution in [2.24, 2.45) is 17.6 Å². The Labute approximate surface area is 182 Å². The number of carboxylic acid groups (broad SMARTS) is 2. The highest BCUT2D eigenvalue weighted by atomic mass is 16.4. The van der Waals surface area contributed by atoms with E-state index in [1.165, 1.54) is 6.92 Å². The number of hydrogen-bond donors (Lipinski definition) is 6. The predicted octanol–water partition coefficient (Wildman–Crippen LogP) is -0.170. The molecule has 7 N–H and O–H groups in total. The minimum atomic E-state index is -1.28. The number of rotatable bonds is 14. The summed E-state index contributed by atoms with van der Waals surface area (Å²) >= 11 is 0. The zero-order valence-corrected chi connectivity index (χ0v) is 18.8. The van der Waals surface area contributed by atoms with E-state index in [0.29, 0.717) is 6.42 Å². The summed E-state index contributed by atoms with van der Waals surface area (Å²) in [5.41, 5.74) is 5.94. The Morgan fingerprint density at radius 3 is 1.81 bits per heavy atom. The van der Waals surface area contributed by atoms with Crippen LogP contribution in [0, 0.1) is 11.8 Å². The van der Waals surface area contributed by atoms with Crippen molar-refractivity contribution in [3.05, 3.63) is 0 Å². The maximum Gasteiger partial charge on any atom is 0.325 e. The number of aliphatic carboxylic acids is 2. The fourth-order valence-corrected chi connectivity index (χ4v) is 2.67. The second kappa shape index (κ2) is 13.6. The van der Waals surface area contributed by atoms with E-state index in [-0.39, 0.29) is 24.7 Å². The van der Waals surface area contributed by atoms with Crippen LogP contribution in [0.4, 0.5) is 0 Å². The molecule has 0 aromatic rings. The molecule has 31 heavy (non-hydrogen) atoms. The topological polar surface area (TPSA) is 188 Å². The summed E-state index contributed by atoms with van der Waals surface area (Å²) in [6.45, 7) is 8.65. The zero-order chi connectivity index (χ0) is 24.3. The highest BCUT2D eigenvalue weighted by Gasteiger charge is 2.30. The van der Waals surface area contributed by atoms with Crippen molar-refractivity contribution in [2.45, 2.75) is 84.5 Å². The van der Waals surface area contributed by atoms with E-state index in [1.54, 1.807) is 0 Å². The maximum absolute atomic E-state index is 12.8. The number of hydrogen-bond acceptors (Lipinski definition) is 6. The zero-order valence-electron chi connectivity index (χ0n) is 18.8. The van der Waals surface area contributed by atoms with E-state index in [9.17, 15) is 24.0 Å². The van der Waals surface area contributed by atoms with Crippen LogP contribution in [0.2, 0.25) is 0 Å². The summed E-state index contributed by atoms with van der Waals surface area (Å²) < 4.78 is 0. The van der Waals surface area contributed by atoms with Crippen molar-refractivity contribution in [3.8, 4) is 0 Å². The Balaban J connectivity index is 5.44. The summed E-state index contributed by atoms with van der Waals surface area (Å²) in [6, 6.07) is -4.30. The highest BCUT2D eigenvalue weighted by Crippen LogP contribution is 2.10. The van der Waals surface area contributed by atoms with Gasteiger partial charge in [-0.25, -0.2) is 0 Å². The molecule has 0 rings (SSSR count). The van der Waals surface area contributed by atoms with Gasteiger partial charge in [0.05, 0.1) is 6.04 Å². The van der Waals surface area contributed by atoms with Crippen LogP contribution in [-0.4, -0.2) is 64.0 Å². The minimum absolute atomic E-state index is 0.0224. The molecule has 11 heteroatoms. The third-order valence-electron chi connectivity index (χ3n) is 4.91. The van der Waals surface area contributed by atoms with Crippen LogP contribution in [0.15, 0.2) is 0 Å². The molecular weight excluding hydrogens is 408 g/mol. The maximum atomic E-state index is 12.8. The summed E-state index contributed by atoms with van der Waals surface area (Å²) in [5.74, 6) is -4.53. The van der Waals surface area contributed by atoms with Crippen molar-refractivity contribution in [2.75, 3.05) is 0 Å². The fraction of sp³-hybridized carbons (Fsp3) is 0.750. The van der Waals surface area contributed by atoms with Crippen LogP contribution in [0.5, 0.6) is 0 Å². The lowest BCUT2D eigenvalue weighted by atomic mass is 9.97. The Bertz CT molecular complexity index is 653. The van der Waals surface area contributed by atoms with Gasteiger partial charge in [0.15, 0.2) is 0 Å². The molecule has 0 radical (unpaired) electrons. The molecule has 0 saturated carbocycles. The first-order chi connectivity index (χ1) is 14.3. The van der Waals surface area contributed by atoms with Crippen LogP contribution in [0.3, 0.4) is 0 Å². The molecule has 5 atom stereocenters. The molecule has 0 aromatic heterocycles. The van der Waals surface area contributed by atoms with Gasteiger partial charge in [0.1, 0.15) is 18.1 Å². The number of carboxylic acids is 2. The van der Waals surface area contributed by atoms with E-state index in [0.717, 1.165) is 0 Å². The average molecular weight is 445 g/mol. The number of carbonyl (C=O) groups is 5. The van der Waals surface area contributed by atoms with Crippen LogP contribution in [0.25, 0.3) is 0 Å². The van der Waals surface area contributed by atoms with Gasteiger partial charge in [-0.1, -0.05) is 34.1 Å². The first-order valence-electron chi connectivity index (χ1n) is 10.4. The normalized spacial score (nSPS) is 15.8. The summed E-state index contributed by atoms with van der Waals surface area (Å²) in [7, 11) is 0. The molecule has 0 aromatic carbocycles. The molecule has 3 amide bonds. The Kier molecular flexibility index (Phi) is 12.4. The summed E-state index contributed by atoms with van der Waals surface area (Å²) in [5, 5.41) is 25.2. The van der Waals surface area contributed by atoms with E-state index in [1.807, 2.05) is 27.7 Å². The van der Waals surface area contributed by atoms with Gasteiger partial charge in [-0.2, -0.15) is 0 Å². The van der Waals surface area contributed by atoms with Crippen LogP contribution in [0.1, 0.15) is 60.3 Å². The first kappa shape index (κ1) is 28.3. The van der Waals surface area contributed by atoms with Gasteiger partial charge in [0.25, 0.3) is 0 Å². The molecule has 0 saturated heterocycles. The molecule has 0 heterocycles. The molecule has 0 fully saturated rings. The smallest absolute Gasteiger partial charge is 0.325 e. The second-order valence-corrected chi connectivity index (χ2v) is 8.16. The average Bonchev–Trinajstić information content (AvgIpc) is 2.68. The molecule has 11 nitrogen and oxygen atoms in total. The number of amides is 3. The Morgan fingerprint density at radius 2 is 1.35 bits per heavy atom. The van der Waals surface area contributed by atoms with Crippen molar-refractivity contribution in [3.63, 3.8) is 0 Å². The van der Waals surface area contributed by atoms with E-state index in [4.69, 9.17) is 15.9 Å². The second-order valence-electron chi connectivity index (χ2n) is 8.16. The van der Waals surface area contributed by atoms with Gasteiger partial charge < -0.3 is 31.9 Å². The van der Waals surface area contributed by atoms with Gasteiger partial charge in [0, 0.05) is 6.42 Å². The lowest BCUT2D eigenvalue weighted by Gasteiger charge is -2.26. The first-order valence-corrected chi connectivity index (χ1v) is 10.4. The predicted molar refractivity (Wildman–Crippen MR) is 113 cm³/mol. The van der Waals surface area contributed by atoms with Crippen LogP contribution >= 0.6 is 0 Å².